The molecule has 0 fully saturated rings. The minimum Gasteiger partial charge on any atom is -0.391 e. The number of aliphatic hydroxyl groups excluding tert-OH is 1. The third-order valence-electron chi connectivity index (χ3n) is 2.70. The van der Waals surface area contributed by atoms with E-state index in [2.05, 4.69) is 0 Å². The molecule has 3 atom stereocenters. The molecule has 0 aliphatic rings. The van der Waals surface area contributed by atoms with Crippen LogP contribution < -0.4 is 0 Å². The molecule has 0 amide bonds. The van der Waals surface area contributed by atoms with E-state index in [0.717, 1.165) is 6.07 Å². The van der Waals surface area contributed by atoms with Gasteiger partial charge in [0, 0.05) is 0 Å². The van der Waals surface area contributed by atoms with Crippen LogP contribution in [0, 0.1) is 17.1 Å². The minimum absolute atomic E-state index is 0.243. The molecule has 0 saturated carbocycles. The molecule has 1 N–H and O–H groups in total. The van der Waals surface area contributed by atoms with Crippen LogP contribution in [0.5, 0.6) is 0 Å². The van der Waals surface area contributed by atoms with Crippen LogP contribution in [0.25, 0.3) is 0 Å². The maximum atomic E-state index is 13.2. The second kappa shape index (κ2) is 6.20. The van der Waals surface area contributed by atoms with Gasteiger partial charge in [-0.15, -0.1) is 0 Å². The van der Waals surface area contributed by atoms with E-state index >= 15 is 0 Å². The Balaban J connectivity index is 3.11. The van der Waals surface area contributed by atoms with Crippen LogP contribution in [0.2, 0.25) is 0 Å². The Morgan fingerprint density at radius 3 is 2.30 bits per heavy atom. The van der Waals surface area contributed by atoms with Crippen molar-refractivity contribution >= 4 is 0 Å². The van der Waals surface area contributed by atoms with E-state index in [0.29, 0.717) is 12.1 Å². The third-order valence-corrected chi connectivity index (χ3v) is 2.70. The number of nitrogens with zero attached hydrogens (tertiary/aromatic N) is 1. The number of rotatable bonds is 4. The van der Waals surface area contributed by atoms with Gasteiger partial charge in [0.25, 0.3) is 0 Å². The van der Waals surface area contributed by atoms with Gasteiger partial charge in [0.2, 0.25) is 0 Å². The van der Waals surface area contributed by atoms with E-state index < -0.39 is 35.9 Å². The quantitative estimate of drug-likeness (QED) is 0.867. The molecule has 0 saturated heterocycles. The Kier molecular flexibility index (Phi) is 5.09. The molecule has 0 aromatic heterocycles. The molecule has 1 aromatic carbocycles. The van der Waals surface area contributed by atoms with Gasteiger partial charge in [-0.25, -0.2) is 4.39 Å². The molecule has 0 aliphatic carbocycles. The molecule has 1 aromatic rings. The van der Waals surface area contributed by atoms with Gasteiger partial charge >= 0.3 is 6.18 Å². The first-order valence-electron chi connectivity index (χ1n) is 5.76. The van der Waals surface area contributed by atoms with Crippen molar-refractivity contribution in [3.63, 3.8) is 0 Å². The zero-order valence-corrected chi connectivity index (χ0v) is 10.8. The normalized spacial score (nSPS) is 16.3. The zero-order chi connectivity index (χ0) is 15.5. The van der Waals surface area contributed by atoms with Crippen molar-refractivity contribution in [2.75, 3.05) is 0 Å². The van der Waals surface area contributed by atoms with E-state index in [1.807, 2.05) is 0 Å². The number of ether oxygens (including phenoxy) is 1. The zero-order valence-electron chi connectivity index (χ0n) is 10.8. The Morgan fingerprint density at radius 2 is 1.85 bits per heavy atom. The van der Waals surface area contributed by atoms with Crippen molar-refractivity contribution in [1.29, 1.82) is 5.26 Å². The van der Waals surface area contributed by atoms with Crippen molar-refractivity contribution in [3.05, 3.63) is 35.1 Å². The predicted octanol–water partition coefficient (Wildman–Crippen LogP) is 3.20. The number of hydrogen-bond donors (Lipinski definition) is 1. The van der Waals surface area contributed by atoms with Gasteiger partial charge < -0.3 is 9.84 Å². The summed E-state index contributed by atoms with van der Waals surface area (Å²) in [4.78, 5) is 0. The monoisotopic (exact) mass is 291 g/mol. The van der Waals surface area contributed by atoms with Gasteiger partial charge in [0.15, 0.2) is 6.10 Å². The first kappa shape index (κ1) is 16.4. The topological polar surface area (TPSA) is 53.2 Å². The van der Waals surface area contributed by atoms with E-state index in [-0.39, 0.29) is 5.56 Å². The fraction of sp³-hybridized carbons (Fsp3) is 0.462. The lowest BCUT2D eigenvalue weighted by atomic mass is 10.1. The molecular formula is C13H13F4NO2. The smallest absolute Gasteiger partial charge is 0.391 e. The fourth-order valence-corrected chi connectivity index (χ4v) is 1.44. The van der Waals surface area contributed by atoms with Crippen molar-refractivity contribution in [2.45, 2.75) is 38.3 Å². The Labute approximate surface area is 113 Å². The standard InChI is InChI=1S/C13H13F4NO2/c1-7(19)8(2)20-12(6-18)9-3-10(13(15,16)17)5-11(14)4-9/h3-5,7-8,12,19H,1-2H3. The van der Waals surface area contributed by atoms with E-state index in [1.54, 1.807) is 6.07 Å². The second-order valence-corrected chi connectivity index (χ2v) is 4.36. The second-order valence-electron chi connectivity index (χ2n) is 4.36. The largest absolute Gasteiger partial charge is 0.416 e. The SMILES string of the molecule is CC(O)C(C)OC(C#N)c1cc(F)cc(C(F)(F)F)c1. The van der Waals surface area contributed by atoms with E-state index in [9.17, 15) is 22.7 Å². The fourth-order valence-electron chi connectivity index (χ4n) is 1.44. The molecule has 0 heterocycles. The lowest BCUT2D eigenvalue weighted by Gasteiger charge is -2.20. The van der Waals surface area contributed by atoms with Gasteiger partial charge in [0.05, 0.1) is 23.8 Å². The molecule has 0 spiro atoms. The predicted molar refractivity (Wildman–Crippen MR) is 62.0 cm³/mol. The molecule has 110 valence electrons. The van der Waals surface area contributed by atoms with Crippen LogP contribution in [0.3, 0.4) is 0 Å². The molecule has 20 heavy (non-hydrogen) atoms. The van der Waals surface area contributed by atoms with Crippen molar-refractivity contribution in [1.82, 2.24) is 0 Å². The molecule has 0 bridgehead atoms. The molecule has 7 heteroatoms. The van der Waals surface area contributed by atoms with Crippen molar-refractivity contribution in [3.8, 4) is 6.07 Å². The summed E-state index contributed by atoms with van der Waals surface area (Å²) in [5.74, 6) is -1.11. The van der Waals surface area contributed by atoms with E-state index in [1.165, 1.54) is 13.8 Å². The number of hydrogen-bond acceptors (Lipinski definition) is 3. The molecular weight excluding hydrogens is 278 g/mol. The van der Waals surface area contributed by atoms with Crippen LogP contribution in [0.4, 0.5) is 17.6 Å². The number of nitriles is 1. The van der Waals surface area contributed by atoms with Crippen LogP contribution in [0.15, 0.2) is 18.2 Å². The van der Waals surface area contributed by atoms with Gasteiger partial charge in [-0.05, 0) is 37.6 Å². The van der Waals surface area contributed by atoms with Crippen molar-refractivity contribution in [2.24, 2.45) is 0 Å². The first-order valence-corrected chi connectivity index (χ1v) is 5.76. The molecule has 0 aliphatic heterocycles. The summed E-state index contributed by atoms with van der Waals surface area (Å²) in [6, 6.07) is 3.45. The highest BCUT2D eigenvalue weighted by molar-refractivity contribution is 5.30. The Bertz CT molecular complexity index is 508. The maximum Gasteiger partial charge on any atom is 0.416 e. The molecule has 1 rings (SSSR count). The number of halogens is 4. The Hall–Kier alpha value is -1.65. The summed E-state index contributed by atoms with van der Waals surface area (Å²) in [5, 5.41) is 18.2. The average molecular weight is 291 g/mol. The number of alkyl halides is 3. The third kappa shape index (κ3) is 4.18. The summed E-state index contributed by atoms with van der Waals surface area (Å²) >= 11 is 0. The average Bonchev–Trinajstić information content (AvgIpc) is 2.33. The highest BCUT2D eigenvalue weighted by Gasteiger charge is 2.32. The molecule has 3 unspecified atom stereocenters. The highest BCUT2D eigenvalue weighted by atomic mass is 19.4. The first-order chi connectivity index (χ1) is 9.15. The molecule has 0 radical (unpaired) electrons. The highest BCUT2D eigenvalue weighted by Crippen LogP contribution is 2.32. The van der Waals surface area contributed by atoms with Crippen LogP contribution in [0.1, 0.15) is 31.1 Å². The van der Waals surface area contributed by atoms with Gasteiger partial charge in [-0.1, -0.05) is 0 Å². The summed E-state index contributed by atoms with van der Waals surface area (Å²) < 4.78 is 56.1. The van der Waals surface area contributed by atoms with Crippen LogP contribution in [-0.2, 0) is 10.9 Å². The summed E-state index contributed by atoms with van der Waals surface area (Å²) in [5.41, 5.74) is -1.44. The maximum absolute atomic E-state index is 13.2. The van der Waals surface area contributed by atoms with Crippen molar-refractivity contribution < 1.29 is 27.4 Å². The summed E-state index contributed by atoms with van der Waals surface area (Å²) in [7, 11) is 0. The molecule has 3 nitrogen and oxygen atoms in total. The number of benzene rings is 1. The van der Waals surface area contributed by atoms with Gasteiger partial charge in [-0.3, -0.25) is 0 Å². The minimum atomic E-state index is -4.72. The number of aliphatic hydroxyl groups is 1. The van der Waals surface area contributed by atoms with Gasteiger partial charge in [0.1, 0.15) is 5.82 Å². The lowest BCUT2D eigenvalue weighted by Crippen LogP contribution is -2.24. The van der Waals surface area contributed by atoms with Crippen LogP contribution in [-0.4, -0.2) is 17.3 Å². The Morgan fingerprint density at radius 1 is 1.25 bits per heavy atom. The summed E-state index contributed by atoms with van der Waals surface area (Å²) in [6.07, 6.45) is -7.80. The lowest BCUT2D eigenvalue weighted by molar-refractivity contribution is -0.137. The van der Waals surface area contributed by atoms with E-state index in [4.69, 9.17) is 10.00 Å². The van der Waals surface area contributed by atoms with Crippen LogP contribution >= 0.6 is 0 Å². The van der Waals surface area contributed by atoms with Gasteiger partial charge in [-0.2, -0.15) is 18.4 Å². The summed E-state index contributed by atoms with van der Waals surface area (Å²) in [6.45, 7) is 2.87.